The summed E-state index contributed by atoms with van der Waals surface area (Å²) in [5.74, 6) is 1.77. The quantitative estimate of drug-likeness (QED) is 0.513. The average molecular weight is 438 g/mol. The molecular formula is C25H35N5O2. The largest absolute Gasteiger partial charge is 0.495 e. The van der Waals surface area contributed by atoms with Gasteiger partial charge in [0.15, 0.2) is 5.96 Å². The molecule has 2 N–H and O–H groups in total. The van der Waals surface area contributed by atoms with Gasteiger partial charge in [-0.05, 0) is 29.7 Å². The van der Waals surface area contributed by atoms with E-state index in [1.54, 1.807) is 7.11 Å². The fraction of sp³-hybridized carbons (Fsp3) is 0.480. The molecule has 0 aliphatic carbocycles. The van der Waals surface area contributed by atoms with Crippen molar-refractivity contribution in [1.82, 2.24) is 15.5 Å². The molecule has 1 unspecified atom stereocenters. The smallest absolute Gasteiger partial charge is 0.191 e. The lowest BCUT2D eigenvalue weighted by atomic mass is 10.1. The first-order valence-corrected chi connectivity index (χ1v) is 11.5. The maximum absolute atomic E-state index is 5.53. The Balaban J connectivity index is 1.28. The van der Waals surface area contributed by atoms with Crippen LogP contribution in [-0.4, -0.2) is 70.5 Å². The Morgan fingerprint density at radius 1 is 1.09 bits per heavy atom. The first-order valence-electron chi connectivity index (χ1n) is 11.5. The van der Waals surface area contributed by atoms with Crippen LogP contribution in [0.5, 0.6) is 5.75 Å². The van der Waals surface area contributed by atoms with Crippen molar-refractivity contribution in [2.45, 2.75) is 25.6 Å². The first kappa shape index (κ1) is 22.4. The Bertz CT molecular complexity index is 897. The molecule has 172 valence electrons. The molecule has 2 aromatic rings. The molecule has 2 fully saturated rings. The van der Waals surface area contributed by atoms with Crippen LogP contribution in [0.2, 0.25) is 0 Å². The van der Waals surface area contributed by atoms with E-state index in [1.165, 1.54) is 11.1 Å². The Labute approximate surface area is 191 Å². The summed E-state index contributed by atoms with van der Waals surface area (Å²) in [6, 6.07) is 17.4. The van der Waals surface area contributed by atoms with Gasteiger partial charge in [0.1, 0.15) is 5.75 Å². The zero-order valence-electron chi connectivity index (χ0n) is 19.2. The number of methoxy groups -OCH3 is 1. The normalized spacial score (nSPS) is 19.8. The van der Waals surface area contributed by atoms with E-state index in [1.807, 2.05) is 19.2 Å². The van der Waals surface area contributed by atoms with E-state index >= 15 is 0 Å². The van der Waals surface area contributed by atoms with Crippen LogP contribution in [0.1, 0.15) is 17.5 Å². The molecule has 32 heavy (non-hydrogen) atoms. The number of guanidine groups is 1. The standard InChI is InChI=1S/C25H35N5O2/c1-26-25(28-22-10-11-30(19-22)23-8-3-4-9-24(23)31-2)27-17-20-6-5-7-21(16-20)18-29-12-14-32-15-13-29/h3-9,16,22H,10-15,17-19H2,1-2H3,(H2,26,27,28). The lowest BCUT2D eigenvalue weighted by Gasteiger charge is -2.26. The third-order valence-corrected chi connectivity index (χ3v) is 6.14. The third-order valence-electron chi connectivity index (χ3n) is 6.14. The number of ether oxygens (including phenoxy) is 2. The minimum Gasteiger partial charge on any atom is -0.495 e. The van der Waals surface area contributed by atoms with E-state index in [0.717, 1.165) is 76.3 Å². The van der Waals surface area contributed by atoms with E-state index in [4.69, 9.17) is 9.47 Å². The topological polar surface area (TPSA) is 61.4 Å². The van der Waals surface area contributed by atoms with Crippen molar-refractivity contribution in [1.29, 1.82) is 0 Å². The van der Waals surface area contributed by atoms with Crippen LogP contribution >= 0.6 is 0 Å². The van der Waals surface area contributed by atoms with Crippen LogP contribution in [0.4, 0.5) is 5.69 Å². The second kappa shape index (κ2) is 11.2. The van der Waals surface area contributed by atoms with Crippen molar-refractivity contribution in [3.05, 3.63) is 59.7 Å². The van der Waals surface area contributed by atoms with E-state index in [0.29, 0.717) is 6.04 Å². The Hall–Kier alpha value is -2.77. The number of anilines is 1. The van der Waals surface area contributed by atoms with E-state index in [-0.39, 0.29) is 0 Å². The number of morpholine rings is 1. The molecule has 7 nitrogen and oxygen atoms in total. The van der Waals surface area contributed by atoms with Gasteiger partial charge < -0.3 is 25.0 Å². The summed E-state index contributed by atoms with van der Waals surface area (Å²) in [6.45, 7) is 7.33. The molecule has 7 heteroatoms. The zero-order valence-corrected chi connectivity index (χ0v) is 19.2. The molecule has 0 amide bonds. The highest BCUT2D eigenvalue weighted by Crippen LogP contribution is 2.30. The Morgan fingerprint density at radius 2 is 1.91 bits per heavy atom. The first-order chi connectivity index (χ1) is 15.7. The van der Waals surface area contributed by atoms with Crippen LogP contribution in [-0.2, 0) is 17.8 Å². The van der Waals surface area contributed by atoms with E-state index in [9.17, 15) is 0 Å². The van der Waals surface area contributed by atoms with Gasteiger partial charge in [-0.25, -0.2) is 0 Å². The number of nitrogens with zero attached hydrogens (tertiary/aromatic N) is 3. The van der Waals surface area contributed by atoms with Crippen LogP contribution in [0.15, 0.2) is 53.5 Å². The molecule has 0 bridgehead atoms. The summed E-state index contributed by atoms with van der Waals surface area (Å²) in [7, 11) is 3.56. The van der Waals surface area contributed by atoms with Crippen molar-refractivity contribution in [3.63, 3.8) is 0 Å². The number of hydrogen-bond donors (Lipinski definition) is 2. The number of hydrogen-bond acceptors (Lipinski definition) is 5. The molecule has 2 aromatic carbocycles. The molecule has 4 rings (SSSR count). The average Bonchev–Trinajstić information content (AvgIpc) is 3.31. The van der Waals surface area contributed by atoms with E-state index < -0.39 is 0 Å². The minimum atomic E-state index is 0.346. The van der Waals surface area contributed by atoms with Crippen LogP contribution in [0.25, 0.3) is 0 Å². The summed E-state index contributed by atoms with van der Waals surface area (Å²) in [5, 5.41) is 7.07. The van der Waals surface area contributed by atoms with Gasteiger partial charge in [0.2, 0.25) is 0 Å². The molecule has 1 atom stereocenters. The second-order valence-corrected chi connectivity index (χ2v) is 8.38. The Kier molecular flexibility index (Phi) is 7.85. The van der Waals surface area contributed by atoms with Crippen LogP contribution < -0.4 is 20.3 Å². The molecule has 2 aliphatic rings. The van der Waals surface area contributed by atoms with Gasteiger partial charge in [0, 0.05) is 52.4 Å². The molecule has 0 aromatic heterocycles. The molecule has 2 heterocycles. The summed E-state index contributed by atoms with van der Waals surface area (Å²) in [4.78, 5) is 9.27. The lowest BCUT2D eigenvalue weighted by molar-refractivity contribution is 0.0342. The maximum atomic E-state index is 5.53. The minimum absolute atomic E-state index is 0.346. The van der Waals surface area contributed by atoms with Gasteiger partial charge in [-0.1, -0.05) is 36.4 Å². The number of rotatable bonds is 7. The van der Waals surface area contributed by atoms with Crippen LogP contribution in [0.3, 0.4) is 0 Å². The van der Waals surface area contributed by atoms with Gasteiger partial charge in [0.25, 0.3) is 0 Å². The predicted molar refractivity (Wildman–Crippen MR) is 129 cm³/mol. The number of para-hydroxylation sites is 2. The summed E-state index contributed by atoms with van der Waals surface area (Å²) >= 11 is 0. The molecule has 0 radical (unpaired) electrons. The summed E-state index contributed by atoms with van der Waals surface area (Å²) in [6.07, 6.45) is 1.06. The Morgan fingerprint density at radius 3 is 2.72 bits per heavy atom. The summed E-state index contributed by atoms with van der Waals surface area (Å²) < 4.78 is 11.0. The highest BCUT2D eigenvalue weighted by molar-refractivity contribution is 5.80. The maximum Gasteiger partial charge on any atom is 0.191 e. The zero-order chi connectivity index (χ0) is 22.2. The third kappa shape index (κ3) is 5.93. The fourth-order valence-electron chi connectivity index (χ4n) is 4.42. The monoisotopic (exact) mass is 437 g/mol. The van der Waals surface area contributed by atoms with Crippen molar-refractivity contribution >= 4 is 11.6 Å². The summed E-state index contributed by atoms with van der Waals surface area (Å²) in [5.41, 5.74) is 3.76. The highest BCUT2D eigenvalue weighted by atomic mass is 16.5. The SMILES string of the molecule is CN=C(NCc1cccc(CN2CCOCC2)c1)NC1CCN(c2ccccc2OC)C1. The predicted octanol–water partition coefficient (Wildman–Crippen LogP) is 2.47. The number of benzene rings is 2. The highest BCUT2D eigenvalue weighted by Gasteiger charge is 2.25. The van der Waals surface area contributed by atoms with Crippen molar-refractivity contribution in [2.24, 2.45) is 4.99 Å². The second-order valence-electron chi connectivity index (χ2n) is 8.38. The molecule has 2 saturated heterocycles. The van der Waals surface area contributed by atoms with Gasteiger partial charge >= 0.3 is 0 Å². The van der Waals surface area contributed by atoms with Gasteiger partial charge in [0.05, 0.1) is 26.0 Å². The van der Waals surface area contributed by atoms with E-state index in [2.05, 4.69) is 61.8 Å². The number of nitrogens with one attached hydrogen (secondary N) is 2. The number of aliphatic imine (C=N–C) groups is 1. The van der Waals surface area contributed by atoms with Crippen molar-refractivity contribution in [2.75, 3.05) is 58.5 Å². The van der Waals surface area contributed by atoms with Gasteiger partial charge in [-0.2, -0.15) is 0 Å². The molecule has 0 saturated carbocycles. The van der Waals surface area contributed by atoms with Gasteiger partial charge in [-0.15, -0.1) is 0 Å². The molecule has 0 spiro atoms. The fourth-order valence-corrected chi connectivity index (χ4v) is 4.42. The van der Waals surface area contributed by atoms with Crippen molar-refractivity contribution < 1.29 is 9.47 Å². The molecule has 2 aliphatic heterocycles. The van der Waals surface area contributed by atoms with Gasteiger partial charge in [-0.3, -0.25) is 9.89 Å². The van der Waals surface area contributed by atoms with Crippen molar-refractivity contribution in [3.8, 4) is 5.75 Å². The lowest BCUT2D eigenvalue weighted by Crippen LogP contribution is -2.44. The van der Waals surface area contributed by atoms with Crippen LogP contribution in [0, 0.1) is 0 Å². The molecular weight excluding hydrogens is 402 g/mol.